The number of imidazole rings is 1. The maximum Gasteiger partial charge on any atom is 0.256 e. The van der Waals surface area contributed by atoms with Crippen LogP contribution in [0.4, 0.5) is 10.1 Å². The third-order valence-electron chi connectivity index (χ3n) is 4.51. The van der Waals surface area contributed by atoms with Crippen molar-refractivity contribution >= 4 is 28.4 Å². The number of ketones is 1. The van der Waals surface area contributed by atoms with Gasteiger partial charge in [0, 0.05) is 16.8 Å². The minimum atomic E-state index is -0.433. The molecule has 0 radical (unpaired) electrons. The molecule has 28 heavy (non-hydrogen) atoms. The van der Waals surface area contributed by atoms with Crippen LogP contribution < -0.4 is 5.32 Å². The summed E-state index contributed by atoms with van der Waals surface area (Å²) in [5, 5.41) is 2.72. The Hall–Kier alpha value is -3.80. The maximum atomic E-state index is 13.4. The van der Waals surface area contributed by atoms with E-state index >= 15 is 0 Å². The number of nitrogens with zero attached hydrogens (tertiary/aromatic N) is 1. The van der Waals surface area contributed by atoms with E-state index in [1.54, 1.807) is 61.8 Å². The smallest absolute Gasteiger partial charge is 0.256 e. The average molecular weight is 373 g/mol. The Morgan fingerprint density at radius 1 is 1.00 bits per heavy atom. The van der Waals surface area contributed by atoms with Crippen LogP contribution in [0.1, 0.15) is 31.8 Å². The number of halogens is 1. The van der Waals surface area contributed by atoms with Crippen molar-refractivity contribution in [2.75, 3.05) is 5.32 Å². The van der Waals surface area contributed by atoms with E-state index in [9.17, 15) is 14.0 Å². The van der Waals surface area contributed by atoms with Gasteiger partial charge in [-0.15, -0.1) is 0 Å². The monoisotopic (exact) mass is 373 g/mol. The maximum absolute atomic E-state index is 13.4. The van der Waals surface area contributed by atoms with E-state index in [1.165, 1.54) is 12.1 Å². The van der Waals surface area contributed by atoms with Gasteiger partial charge in [0.05, 0.1) is 22.9 Å². The van der Waals surface area contributed by atoms with E-state index in [0.717, 1.165) is 11.0 Å². The van der Waals surface area contributed by atoms with Crippen LogP contribution in [0.5, 0.6) is 0 Å². The number of carbonyl (C=O) groups excluding carboxylic acids is 2. The molecule has 4 rings (SSSR count). The number of rotatable bonds is 4. The van der Waals surface area contributed by atoms with Crippen molar-refractivity contribution in [2.24, 2.45) is 0 Å². The molecule has 0 spiro atoms. The number of amides is 1. The Kier molecular flexibility index (Phi) is 4.45. The molecule has 4 aromatic rings. The number of anilines is 1. The zero-order chi connectivity index (χ0) is 19.7. The number of aryl methyl sites for hydroxylation is 1. The molecular formula is C22H16FN3O2. The molecule has 6 heteroatoms. The van der Waals surface area contributed by atoms with Crippen molar-refractivity contribution in [3.8, 4) is 0 Å². The Morgan fingerprint density at radius 3 is 2.57 bits per heavy atom. The number of nitrogens with one attached hydrogen (secondary N) is 2. The highest BCUT2D eigenvalue weighted by atomic mass is 19.1. The second kappa shape index (κ2) is 7.08. The molecular weight excluding hydrogens is 357 g/mol. The SMILES string of the molecule is Cc1cc(NC(=O)c2ccccc2C(=O)c2ccc3nc[nH]c3c2)ccc1F. The zero-order valence-electron chi connectivity index (χ0n) is 15.0. The third-order valence-corrected chi connectivity index (χ3v) is 4.51. The van der Waals surface area contributed by atoms with Crippen molar-refractivity contribution in [1.82, 2.24) is 9.97 Å². The number of H-pyrrole nitrogens is 1. The predicted octanol–water partition coefficient (Wildman–Crippen LogP) is 4.49. The van der Waals surface area contributed by atoms with Gasteiger partial charge in [-0.25, -0.2) is 9.37 Å². The summed E-state index contributed by atoms with van der Waals surface area (Å²) in [5.74, 6) is -1.04. The molecule has 0 aliphatic heterocycles. The second-order valence-electron chi connectivity index (χ2n) is 6.43. The first-order valence-electron chi connectivity index (χ1n) is 8.67. The number of aromatic nitrogens is 2. The van der Waals surface area contributed by atoms with Gasteiger partial charge in [-0.1, -0.05) is 18.2 Å². The van der Waals surface area contributed by atoms with E-state index in [4.69, 9.17) is 0 Å². The van der Waals surface area contributed by atoms with Crippen LogP contribution in [-0.2, 0) is 0 Å². The van der Waals surface area contributed by atoms with E-state index < -0.39 is 5.91 Å². The number of aromatic amines is 1. The standard InChI is InChI=1S/C22H16FN3O2/c1-13-10-15(7-8-18(13)23)26-22(28)17-5-3-2-4-16(17)21(27)14-6-9-19-20(11-14)25-12-24-19/h2-12H,1H3,(H,24,25)(H,26,28). The van der Waals surface area contributed by atoms with Crippen molar-refractivity contribution in [2.45, 2.75) is 6.92 Å². The van der Waals surface area contributed by atoms with Crippen molar-refractivity contribution < 1.29 is 14.0 Å². The number of carbonyl (C=O) groups is 2. The van der Waals surface area contributed by atoms with Crippen molar-refractivity contribution in [3.63, 3.8) is 0 Å². The molecule has 1 heterocycles. The molecule has 138 valence electrons. The van der Waals surface area contributed by atoms with Crippen molar-refractivity contribution in [3.05, 3.63) is 95.1 Å². The molecule has 0 fully saturated rings. The lowest BCUT2D eigenvalue weighted by Crippen LogP contribution is -2.17. The van der Waals surface area contributed by atoms with Crippen LogP contribution in [0.25, 0.3) is 11.0 Å². The van der Waals surface area contributed by atoms with Gasteiger partial charge in [0.1, 0.15) is 5.82 Å². The fourth-order valence-electron chi connectivity index (χ4n) is 3.03. The highest BCUT2D eigenvalue weighted by molar-refractivity contribution is 6.18. The first-order chi connectivity index (χ1) is 13.5. The van der Waals surface area contributed by atoms with Gasteiger partial charge in [-0.05, 0) is 55.0 Å². The Balaban J connectivity index is 1.66. The molecule has 0 atom stereocenters. The summed E-state index contributed by atoms with van der Waals surface area (Å²) in [6.07, 6.45) is 1.56. The lowest BCUT2D eigenvalue weighted by atomic mass is 9.97. The summed E-state index contributed by atoms with van der Waals surface area (Å²) >= 11 is 0. The third kappa shape index (κ3) is 3.27. The zero-order valence-corrected chi connectivity index (χ0v) is 15.0. The summed E-state index contributed by atoms with van der Waals surface area (Å²) in [5.41, 5.74) is 3.38. The highest BCUT2D eigenvalue weighted by Gasteiger charge is 2.19. The van der Waals surface area contributed by atoms with E-state index in [0.29, 0.717) is 16.8 Å². The molecule has 5 nitrogen and oxygen atoms in total. The van der Waals surface area contributed by atoms with Gasteiger partial charge >= 0.3 is 0 Å². The van der Waals surface area contributed by atoms with Crippen LogP contribution in [0.15, 0.2) is 67.0 Å². The van der Waals surface area contributed by atoms with Crippen LogP contribution in [0.3, 0.4) is 0 Å². The first kappa shape index (κ1) is 17.6. The van der Waals surface area contributed by atoms with Gasteiger partial charge in [0.2, 0.25) is 0 Å². The minimum absolute atomic E-state index is 0.249. The molecule has 0 bridgehead atoms. The second-order valence-corrected chi connectivity index (χ2v) is 6.43. The van der Waals surface area contributed by atoms with Gasteiger partial charge in [-0.3, -0.25) is 9.59 Å². The fourth-order valence-corrected chi connectivity index (χ4v) is 3.03. The number of fused-ring (bicyclic) bond motifs is 1. The van der Waals surface area contributed by atoms with Gasteiger partial charge in [0.15, 0.2) is 5.78 Å². The lowest BCUT2D eigenvalue weighted by molar-refractivity contribution is 0.0996. The number of hydrogen-bond acceptors (Lipinski definition) is 3. The number of benzene rings is 3. The topological polar surface area (TPSA) is 74.8 Å². The van der Waals surface area contributed by atoms with Gasteiger partial charge < -0.3 is 10.3 Å². The normalized spacial score (nSPS) is 10.8. The highest BCUT2D eigenvalue weighted by Crippen LogP contribution is 2.20. The molecule has 0 saturated carbocycles. The Bertz CT molecular complexity index is 1210. The summed E-state index contributed by atoms with van der Waals surface area (Å²) in [4.78, 5) is 32.9. The van der Waals surface area contributed by atoms with E-state index in [-0.39, 0.29) is 22.7 Å². The predicted molar refractivity (Wildman–Crippen MR) is 105 cm³/mol. The Morgan fingerprint density at radius 2 is 1.79 bits per heavy atom. The quantitative estimate of drug-likeness (QED) is 0.518. The minimum Gasteiger partial charge on any atom is -0.345 e. The first-order valence-corrected chi connectivity index (χ1v) is 8.67. The van der Waals surface area contributed by atoms with Crippen LogP contribution in [0.2, 0.25) is 0 Å². The molecule has 0 saturated heterocycles. The molecule has 1 aromatic heterocycles. The van der Waals surface area contributed by atoms with Crippen LogP contribution in [0, 0.1) is 12.7 Å². The van der Waals surface area contributed by atoms with Gasteiger partial charge in [0.25, 0.3) is 5.91 Å². The van der Waals surface area contributed by atoms with Crippen molar-refractivity contribution in [1.29, 1.82) is 0 Å². The molecule has 3 aromatic carbocycles. The van der Waals surface area contributed by atoms with Crippen LogP contribution in [-0.4, -0.2) is 21.7 Å². The van der Waals surface area contributed by atoms with E-state index in [1.807, 2.05) is 0 Å². The largest absolute Gasteiger partial charge is 0.345 e. The average Bonchev–Trinajstić information content (AvgIpc) is 3.18. The molecule has 1 amide bonds. The summed E-state index contributed by atoms with van der Waals surface area (Å²) < 4.78 is 13.4. The number of hydrogen-bond donors (Lipinski definition) is 2. The molecule has 0 unspecified atom stereocenters. The van der Waals surface area contributed by atoms with Crippen LogP contribution >= 0.6 is 0 Å². The lowest BCUT2D eigenvalue weighted by Gasteiger charge is -2.10. The fraction of sp³-hybridized carbons (Fsp3) is 0.0455. The molecule has 2 N–H and O–H groups in total. The van der Waals surface area contributed by atoms with Gasteiger partial charge in [-0.2, -0.15) is 0 Å². The Labute approximate surface area is 160 Å². The molecule has 0 aliphatic carbocycles. The summed E-state index contributed by atoms with van der Waals surface area (Å²) in [6.45, 7) is 1.62. The summed E-state index contributed by atoms with van der Waals surface area (Å²) in [7, 11) is 0. The summed E-state index contributed by atoms with van der Waals surface area (Å²) in [6, 6.07) is 16.1. The van der Waals surface area contributed by atoms with E-state index in [2.05, 4.69) is 15.3 Å². The molecule has 0 aliphatic rings.